The van der Waals surface area contributed by atoms with Gasteiger partial charge in [-0.25, -0.2) is 4.98 Å². The van der Waals surface area contributed by atoms with Crippen LogP contribution in [-0.2, 0) is 4.79 Å². The van der Waals surface area contributed by atoms with E-state index in [1.54, 1.807) is 12.1 Å². The first-order valence-electron chi connectivity index (χ1n) is 4.90. The zero-order valence-electron chi connectivity index (χ0n) is 9.23. The number of hydrogen-bond acceptors (Lipinski definition) is 3. The van der Waals surface area contributed by atoms with Gasteiger partial charge in [-0.3, -0.25) is 4.79 Å². The quantitative estimate of drug-likeness (QED) is 0.709. The summed E-state index contributed by atoms with van der Waals surface area (Å²) in [4.78, 5) is 15.0. The maximum atomic E-state index is 10.7. The average Bonchev–Trinajstić information content (AvgIpc) is 2.14. The molecular weight excluding hydrogens is 190 g/mol. The smallest absolute Gasteiger partial charge is 0.213 e. The highest BCUT2D eigenvalue weighted by atomic mass is 16.5. The van der Waals surface area contributed by atoms with Gasteiger partial charge in [-0.15, -0.1) is 0 Å². The molecule has 0 radical (unpaired) electrons. The summed E-state index contributed by atoms with van der Waals surface area (Å²) in [5.74, 6) is 0.586. The number of ether oxygens (including phenoxy) is 1. The fourth-order valence-corrected chi connectivity index (χ4v) is 1.03. The number of carbonyl (C=O) groups is 1. The number of hydrogen-bond donors (Lipinski definition) is 0. The van der Waals surface area contributed by atoms with Gasteiger partial charge in [0.25, 0.3) is 0 Å². The minimum atomic E-state index is 0.00646. The van der Waals surface area contributed by atoms with Crippen molar-refractivity contribution in [3.63, 3.8) is 0 Å². The minimum Gasteiger partial charge on any atom is -0.475 e. The molecule has 0 aliphatic rings. The lowest BCUT2D eigenvalue weighted by Crippen LogP contribution is -2.06. The highest BCUT2D eigenvalue weighted by Gasteiger charge is 1.98. The highest BCUT2D eigenvalue weighted by Crippen LogP contribution is 2.10. The summed E-state index contributed by atoms with van der Waals surface area (Å²) in [5, 5.41) is 0. The molecule has 0 fully saturated rings. The van der Waals surface area contributed by atoms with Crippen LogP contribution < -0.4 is 4.74 Å². The Labute approximate surface area is 89.8 Å². The van der Waals surface area contributed by atoms with Gasteiger partial charge in [0.2, 0.25) is 5.88 Å². The van der Waals surface area contributed by atoms with Crippen LogP contribution in [0.15, 0.2) is 24.3 Å². The third kappa shape index (κ3) is 4.40. The molecule has 3 heteroatoms. The van der Waals surface area contributed by atoms with Crippen molar-refractivity contribution in [2.24, 2.45) is 0 Å². The first-order chi connectivity index (χ1) is 7.08. The maximum absolute atomic E-state index is 10.7. The Kier molecular flexibility index (Phi) is 4.03. The lowest BCUT2D eigenvalue weighted by Gasteiger charge is -2.08. The van der Waals surface area contributed by atoms with Gasteiger partial charge >= 0.3 is 0 Å². The monoisotopic (exact) mass is 205 g/mol. The summed E-state index contributed by atoms with van der Waals surface area (Å²) < 4.78 is 5.43. The Morgan fingerprint density at radius 3 is 2.80 bits per heavy atom. The fraction of sp³-hybridized carbons (Fsp3) is 0.333. The molecule has 1 aromatic rings. The van der Waals surface area contributed by atoms with E-state index in [2.05, 4.69) is 4.98 Å². The van der Waals surface area contributed by atoms with E-state index < -0.39 is 0 Å². The standard InChI is InChI=1S/C12H15NO2/c1-9(2)15-12-6-4-5-11(13-12)8-7-10(3)14/h4-9H,1-3H3/b8-7+. The molecule has 0 saturated heterocycles. The molecule has 0 N–H and O–H groups in total. The van der Waals surface area contributed by atoms with Crippen molar-refractivity contribution in [2.45, 2.75) is 26.9 Å². The van der Waals surface area contributed by atoms with Gasteiger partial charge in [-0.05, 0) is 39.0 Å². The van der Waals surface area contributed by atoms with E-state index in [4.69, 9.17) is 4.74 Å². The number of rotatable bonds is 4. The molecule has 0 saturated carbocycles. The fourth-order valence-electron chi connectivity index (χ4n) is 1.03. The minimum absolute atomic E-state index is 0.00646. The summed E-state index contributed by atoms with van der Waals surface area (Å²) in [7, 11) is 0. The number of pyridine rings is 1. The molecule has 15 heavy (non-hydrogen) atoms. The van der Waals surface area contributed by atoms with Crippen molar-refractivity contribution in [1.82, 2.24) is 4.98 Å². The van der Waals surface area contributed by atoms with Crippen LogP contribution in [0.25, 0.3) is 6.08 Å². The van der Waals surface area contributed by atoms with Crippen molar-refractivity contribution < 1.29 is 9.53 Å². The largest absolute Gasteiger partial charge is 0.475 e. The lowest BCUT2D eigenvalue weighted by atomic mass is 10.3. The molecule has 0 aromatic carbocycles. The van der Waals surface area contributed by atoms with Gasteiger partial charge in [-0.2, -0.15) is 0 Å². The first-order valence-corrected chi connectivity index (χ1v) is 4.90. The van der Waals surface area contributed by atoms with Gasteiger partial charge in [-0.1, -0.05) is 6.07 Å². The number of aromatic nitrogens is 1. The van der Waals surface area contributed by atoms with E-state index in [0.717, 1.165) is 5.69 Å². The van der Waals surface area contributed by atoms with Crippen LogP contribution >= 0.6 is 0 Å². The molecule has 0 aliphatic carbocycles. The number of allylic oxidation sites excluding steroid dienone is 1. The summed E-state index contributed by atoms with van der Waals surface area (Å²) in [6.07, 6.45) is 3.27. The second-order valence-electron chi connectivity index (χ2n) is 3.51. The zero-order chi connectivity index (χ0) is 11.3. The van der Waals surface area contributed by atoms with Gasteiger partial charge < -0.3 is 4.74 Å². The Morgan fingerprint density at radius 2 is 2.20 bits per heavy atom. The van der Waals surface area contributed by atoms with Crippen LogP contribution in [0.3, 0.4) is 0 Å². The number of nitrogens with zero attached hydrogens (tertiary/aromatic N) is 1. The van der Waals surface area contributed by atoms with Crippen molar-refractivity contribution >= 4 is 11.9 Å². The van der Waals surface area contributed by atoms with Gasteiger partial charge in [0.15, 0.2) is 5.78 Å². The van der Waals surface area contributed by atoms with Crippen LogP contribution in [0.2, 0.25) is 0 Å². The Balaban J connectivity index is 2.78. The van der Waals surface area contributed by atoms with Crippen LogP contribution in [0, 0.1) is 0 Å². The van der Waals surface area contributed by atoms with Crippen LogP contribution in [-0.4, -0.2) is 16.9 Å². The summed E-state index contributed by atoms with van der Waals surface area (Å²) in [6, 6.07) is 5.47. The third-order valence-electron chi connectivity index (χ3n) is 1.59. The molecule has 0 bridgehead atoms. The molecule has 0 atom stereocenters. The Morgan fingerprint density at radius 1 is 1.47 bits per heavy atom. The molecule has 0 amide bonds. The molecular formula is C12H15NO2. The lowest BCUT2D eigenvalue weighted by molar-refractivity contribution is -0.112. The van der Waals surface area contributed by atoms with E-state index >= 15 is 0 Å². The number of ketones is 1. The predicted octanol–water partition coefficient (Wildman–Crippen LogP) is 2.47. The molecule has 1 heterocycles. The molecule has 80 valence electrons. The van der Waals surface area contributed by atoms with Gasteiger partial charge in [0.1, 0.15) is 0 Å². The van der Waals surface area contributed by atoms with Crippen molar-refractivity contribution in [1.29, 1.82) is 0 Å². The number of carbonyl (C=O) groups excluding carboxylic acids is 1. The molecule has 1 rings (SSSR count). The van der Waals surface area contributed by atoms with Gasteiger partial charge in [0, 0.05) is 6.07 Å². The highest BCUT2D eigenvalue weighted by molar-refractivity contribution is 5.91. The predicted molar refractivity (Wildman–Crippen MR) is 59.7 cm³/mol. The maximum Gasteiger partial charge on any atom is 0.213 e. The van der Waals surface area contributed by atoms with Crippen LogP contribution in [0.5, 0.6) is 5.88 Å². The van der Waals surface area contributed by atoms with Gasteiger partial charge in [0.05, 0.1) is 11.8 Å². The van der Waals surface area contributed by atoms with Crippen molar-refractivity contribution in [3.05, 3.63) is 30.0 Å². The van der Waals surface area contributed by atoms with E-state index in [1.165, 1.54) is 13.0 Å². The Hall–Kier alpha value is -1.64. The topological polar surface area (TPSA) is 39.2 Å². The van der Waals surface area contributed by atoms with E-state index in [9.17, 15) is 4.79 Å². The second kappa shape index (κ2) is 5.29. The second-order valence-corrected chi connectivity index (χ2v) is 3.51. The molecule has 0 aliphatic heterocycles. The summed E-state index contributed by atoms with van der Waals surface area (Å²) >= 11 is 0. The van der Waals surface area contributed by atoms with Crippen molar-refractivity contribution in [3.8, 4) is 5.88 Å². The molecule has 1 aromatic heterocycles. The summed E-state index contributed by atoms with van der Waals surface area (Å²) in [6.45, 7) is 5.39. The summed E-state index contributed by atoms with van der Waals surface area (Å²) in [5.41, 5.74) is 0.725. The zero-order valence-corrected chi connectivity index (χ0v) is 9.23. The van der Waals surface area contributed by atoms with Crippen LogP contribution in [0.1, 0.15) is 26.5 Å². The SMILES string of the molecule is CC(=O)/C=C/c1cccc(OC(C)C)n1. The molecule has 0 spiro atoms. The Bertz CT molecular complexity index is 370. The third-order valence-corrected chi connectivity index (χ3v) is 1.59. The van der Waals surface area contributed by atoms with Crippen LogP contribution in [0.4, 0.5) is 0 Å². The van der Waals surface area contributed by atoms with E-state index in [1.807, 2.05) is 26.0 Å². The molecule has 3 nitrogen and oxygen atoms in total. The molecule has 0 unspecified atom stereocenters. The van der Waals surface area contributed by atoms with E-state index in [-0.39, 0.29) is 11.9 Å². The van der Waals surface area contributed by atoms with E-state index in [0.29, 0.717) is 5.88 Å². The first kappa shape index (κ1) is 11.4. The van der Waals surface area contributed by atoms with Crippen molar-refractivity contribution in [2.75, 3.05) is 0 Å². The average molecular weight is 205 g/mol. The normalized spacial score (nSPS) is 10.9.